The van der Waals surface area contributed by atoms with Gasteiger partial charge in [-0.05, 0) is 30.2 Å². The van der Waals surface area contributed by atoms with Crippen LogP contribution in [0.4, 0.5) is 18.9 Å². The molecule has 102 valence electrons. The Morgan fingerprint density at radius 1 is 1.32 bits per heavy atom. The maximum absolute atomic E-state index is 12.6. The molecule has 4 nitrogen and oxygen atoms in total. The van der Waals surface area contributed by atoms with Gasteiger partial charge in [-0.15, -0.1) is 0 Å². The van der Waals surface area contributed by atoms with Gasteiger partial charge in [0, 0.05) is 12.1 Å². The molecule has 0 fully saturated rings. The van der Waals surface area contributed by atoms with Gasteiger partial charge in [0.05, 0.1) is 5.56 Å². The van der Waals surface area contributed by atoms with Gasteiger partial charge in [0.15, 0.2) is 0 Å². The van der Waals surface area contributed by atoms with Crippen LogP contribution in [0, 0.1) is 0 Å². The number of halogens is 3. The van der Waals surface area contributed by atoms with Crippen molar-refractivity contribution in [1.29, 1.82) is 0 Å². The number of hydrogen-bond donors (Lipinski definition) is 1. The molecular formula is C12H10F3NO3. The number of amides is 1. The Hall–Kier alpha value is -2.05. The number of nitrogens with zero attached hydrogens (tertiary/aromatic N) is 1. The number of carbonyl (C=O) groups excluding carboxylic acids is 1. The van der Waals surface area contributed by atoms with Crippen molar-refractivity contribution >= 4 is 17.6 Å². The quantitative estimate of drug-likeness (QED) is 0.897. The molecule has 1 heterocycles. The van der Waals surface area contributed by atoms with Crippen molar-refractivity contribution < 1.29 is 27.9 Å². The van der Waals surface area contributed by atoms with Crippen molar-refractivity contribution in [3.05, 3.63) is 29.3 Å². The predicted octanol–water partition coefficient (Wildman–Crippen LogP) is 2.07. The summed E-state index contributed by atoms with van der Waals surface area (Å²) in [5.41, 5.74) is -0.210. The second kappa shape index (κ2) is 4.56. The predicted molar refractivity (Wildman–Crippen MR) is 59.8 cm³/mol. The van der Waals surface area contributed by atoms with Gasteiger partial charge in [0.2, 0.25) is 5.91 Å². The molecule has 0 aliphatic carbocycles. The highest BCUT2D eigenvalue weighted by Gasteiger charge is 2.33. The molecule has 19 heavy (non-hydrogen) atoms. The van der Waals surface area contributed by atoms with Crippen molar-refractivity contribution in [3.63, 3.8) is 0 Å². The van der Waals surface area contributed by atoms with Gasteiger partial charge < -0.3 is 10.0 Å². The molecule has 7 heteroatoms. The lowest BCUT2D eigenvalue weighted by Gasteiger charge is -2.28. The highest BCUT2D eigenvalue weighted by Crippen LogP contribution is 2.35. The Bertz CT molecular complexity index is 540. The van der Waals surface area contributed by atoms with Crippen molar-refractivity contribution in [1.82, 2.24) is 0 Å². The Kier molecular flexibility index (Phi) is 3.21. The number of rotatable bonds is 2. The molecule has 0 radical (unpaired) electrons. The van der Waals surface area contributed by atoms with E-state index in [4.69, 9.17) is 5.11 Å². The second-order valence-corrected chi connectivity index (χ2v) is 4.21. The molecule has 0 unspecified atom stereocenters. The number of hydrogen-bond acceptors (Lipinski definition) is 2. The zero-order valence-electron chi connectivity index (χ0n) is 9.70. The largest absolute Gasteiger partial charge is 0.480 e. The third-order valence-corrected chi connectivity index (χ3v) is 2.90. The van der Waals surface area contributed by atoms with E-state index in [1.807, 2.05) is 0 Å². The van der Waals surface area contributed by atoms with Crippen molar-refractivity contribution in [3.8, 4) is 0 Å². The standard InChI is InChI=1S/C12H10F3NO3/c13-12(14,15)8-2-3-9-7(5-8)1-4-10(17)16(9)6-11(18)19/h2-3,5H,1,4,6H2,(H,18,19). The number of anilines is 1. The molecule has 1 aromatic rings. The van der Waals surface area contributed by atoms with E-state index in [2.05, 4.69) is 0 Å². The number of aryl methyl sites for hydroxylation is 1. The fourth-order valence-electron chi connectivity index (χ4n) is 2.04. The number of aliphatic carboxylic acids is 1. The van der Waals surface area contributed by atoms with E-state index in [9.17, 15) is 22.8 Å². The maximum atomic E-state index is 12.6. The molecule has 2 rings (SSSR count). The smallest absolute Gasteiger partial charge is 0.416 e. The minimum Gasteiger partial charge on any atom is -0.480 e. The number of benzene rings is 1. The summed E-state index contributed by atoms with van der Waals surface area (Å²) in [6, 6.07) is 2.97. The lowest BCUT2D eigenvalue weighted by molar-refractivity contribution is -0.138. The van der Waals surface area contributed by atoms with E-state index in [0.717, 1.165) is 23.1 Å². The van der Waals surface area contributed by atoms with Gasteiger partial charge in [0.25, 0.3) is 0 Å². The van der Waals surface area contributed by atoms with E-state index in [0.29, 0.717) is 5.56 Å². The molecule has 1 aliphatic heterocycles. The van der Waals surface area contributed by atoms with E-state index in [-0.39, 0.29) is 18.5 Å². The van der Waals surface area contributed by atoms with Crippen LogP contribution in [0.3, 0.4) is 0 Å². The molecule has 1 aromatic carbocycles. The molecule has 0 atom stereocenters. The summed E-state index contributed by atoms with van der Waals surface area (Å²) in [6.45, 7) is -0.544. The van der Waals surface area contributed by atoms with Crippen LogP contribution < -0.4 is 4.90 Å². The second-order valence-electron chi connectivity index (χ2n) is 4.21. The summed E-state index contributed by atoms with van der Waals surface area (Å²) in [4.78, 5) is 23.3. The molecule has 0 aromatic heterocycles. The summed E-state index contributed by atoms with van der Waals surface area (Å²) in [5.74, 6) is -1.60. The topological polar surface area (TPSA) is 57.6 Å². The normalized spacial score (nSPS) is 15.3. The number of carboxylic acids is 1. The molecule has 0 saturated carbocycles. The van der Waals surface area contributed by atoms with Gasteiger partial charge in [0.1, 0.15) is 6.54 Å². The maximum Gasteiger partial charge on any atom is 0.416 e. The molecular weight excluding hydrogens is 263 g/mol. The van der Waals surface area contributed by atoms with Crippen LogP contribution in [0.2, 0.25) is 0 Å². The molecule has 0 bridgehead atoms. The van der Waals surface area contributed by atoms with Crippen LogP contribution in [0.5, 0.6) is 0 Å². The number of alkyl halides is 3. The van der Waals surface area contributed by atoms with Crippen molar-refractivity contribution in [2.75, 3.05) is 11.4 Å². The summed E-state index contributed by atoms with van der Waals surface area (Å²) < 4.78 is 37.7. The molecule has 0 saturated heterocycles. The Labute approximate surface area is 106 Å². The molecule has 1 amide bonds. The first kappa shape index (κ1) is 13.4. The Morgan fingerprint density at radius 2 is 2.00 bits per heavy atom. The average Bonchev–Trinajstić information content (AvgIpc) is 2.30. The Morgan fingerprint density at radius 3 is 2.58 bits per heavy atom. The van der Waals surface area contributed by atoms with Crippen molar-refractivity contribution in [2.24, 2.45) is 0 Å². The SMILES string of the molecule is O=C(O)CN1C(=O)CCc2cc(C(F)(F)F)ccc21. The summed E-state index contributed by atoms with van der Waals surface area (Å²) in [6.07, 6.45) is -4.25. The Balaban J connectivity index is 2.41. The van der Waals surface area contributed by atoms with Crippen LogP contribution in [-0.2, 0) is 22.2 Å². The van der Waals surface area contributed by atoms with Crippen molar-refractivity contribution in [2.45, 2.75) is 19.0 Å². The molecule has 1 N–H and O–H groups in total. The van der Waals surface area contributed by atoms with Crippen LogP contribution in [-0.4, -0.2) is 23.5 Å². The fourth-order valence-corrected chi connectivity index (χ4v) is 2.04. The third kappa shape index (κ3) is 2.69. The monoisotopic (exact) mass is 273 g/mol. The van der Waals surface area contributed by atoms with E-state index in [1.165, 1.54) is 0 Å². The lowest BCUT2D eigenvalue weighted by Crippen LogP contribution is -2.39. The van der Waals surface area contributed by atoms with E-state index < -0.39 is 30.2 Å². The van der Waals surface area contributed by atoms with E-state index in [1.54, 1.807) is 0 Å². The summed E-state index contributed by atoms with van der Waals surface area (Å²) in [7, 11) is 0. The number of carbonyl (C=O) groups is 2. The van der Waals surface area contributed by atoms with Crippen LogP contribution in [0.15, 0.2) is 18.2 Å². The first-order chi connectivity index (χ1) is 8.79. The minimum absolute atomic E-state index is 0.0155. The van der Waals surface area contributed by atoms with Gasteiger partial charge in [-0.2, -0.15) is 13.2 Å². The van der Waals surface area contributed by atoms with Gasteiger partial charge >= 0.3 is 12.1 Å². The average molecular weight is 273 g/mol. The minimum atomic E-state index is -4.45. The number of carboxylic acid groups (broad SMARTS) is 1. The molecule has 1 aliphatic rings. The van der Waals surface area contributed by atoms with Gasteiger partial charge in [-0.1, -0.05) is 0 Å². The zero-order valence-corrected chi connectivity index (χ0v) is 9.70. The van der Waals surface area contributed by atoms with Gasteiger partial charge in [-0.3, -0.25) is 9.59 Å². The first-order valence-corrected chi connectivity index (χ1v) is 5.51. The zero-order chi connectivity index (χ0) is 14.2. The van der Waals surface area contributed by atoms with Crippen LogP contribution in [0.25, 0.3) is 0 Å². The highest BCUT2D eigenvalue weighted by atomic mass is 19.4. The number of fused-ring (bicyclic) bond motifs is 1. The van der Waals surface area contributed by atoms with Crippen LogP contribution in [0.1, 0.15) is 17.5 Å². The molecule has 0 spiro atoms. The first-order valence-electron chi connectivity index (χ1n) is 5.51. The summed E-state index contributed by atoms with van der Waals surface area (Å²) in [5, 5.41) is 8.72. The lowest BCUT2D eigenvalue weighted by atomic mass is 9.98. The van der Waals surface area contributed by atoms with E-state index >= 15 is 0 Å². The third-order valence-electron chi connectivity index (χ3n) is 2.90. The fraction of sp³-hybridized carbons (Fsp3) is 0.333. The summed E-state index contributed by atoms with van der Waals surface area (Å²) >= 11 is 0. The van der Waals surface area contributed by atoms with Crippen LogP contribution >= 0.6 is 0 Å². The van der Waals surface area contributed by atoms with Gasteiger partial charge in [-0.25, -0.2) is 0 Å². The highest BCUT2D eigenvalue weighted by molar-refractivity contribution is 5.99.